The third kappa shape index (κ3) is 7.01. The maximum atomic E-state index is 13.1. The van der Waals surface area contributed by atoms with Crippen molar-refractivity contribution in [1.82, 2.24) is 10.3 Å². The highest BCUT2D eigenvalue weighted by molar-refractivity contribution is 7.98. The SMILES string of the molecule is COC[C@H](Cc1ccc(O)cc1)NC(=O)c1cc(C(=O)O)c2cc(CSc3cccc(Cl)c3)ccc2n1. The molecule has 1 aromatic heterocycles. The number of fused-ring (bicyclic) bond motifs is 1. The fourth-order valence-electron chi connectivity index (χ4n) is 3.91. The number of ether oxygens (including phenoxy) is 1. The van der Waals surface area contributed by atoms with Crippen molar-refractivity contribution < 1.29 is 24.5 Å². The number of phenols is 1. The Labute approximate surface area is 223 Å². The first-order valence-electron chi connectivity index (χ1n) is 11.5. The molecule has 1 amide bonds. The number of nitrogens with zero attached hydrogens (tertiary/aromatic N) is 1. The van der Waals surface area contributed by atoms with Gasteiger partial charge in [-0.15, -0.1) is 11.8 Å². The number of carbonyl (C=O) groups excluding carboxylic acids is 1. The van der Waals surface area contributed by atoms with E-state index in [9.17, 15) is 19.8 Å². The standard InChI is InChI=1S/C28H25ClN2O5S/c1-36-15-20(11-17-5-8-21(32)9-6-17)30-27(33)26-14-24(28(34)35)23-12-18(7-10-25(23)31-26)16-37-22-4-2-3-19(29)13-22/h2-10,12-14,20,32H,11,15-16H2,1H3,(H,30,33)(H,34,35)/t20-/m0/s1. The summed E-state index contributed by atoms with van der Waals surface area (Å²) in [5, 5.41) is 23.4. The van der Waals surface area contributed by atoms with Crippen molar-refractivity contribution in [1.29, 1.82) is 0 Å². The summed E-state index contributed by atoms with van der Waals surface area (Å²) in [6, 6.07) is 20.5. The van der Waals surface area contributed by atoms with E-state index in [0.29, 0.717) is 28.1 Å². The Hall–Kier alpha value is -3.59. The average Bonchev–Trinajstić information content (AvgIpc) is 2.88. The van der Waals surface area contributed by atoms with Crippen LogP contribution in [0.4, 0.5) is 0 Å². The Morgan fingerprint density at radius 1 is 1.05 bits per heavy atom. The van der Waals surface area contributed by atoms with E-state index in [1.165, 1.54) is 13.2 Å². The zero-order chi connectivity index (χ0) is 26.4. The monoisotopic (exact) mass is 536 g/mol. The van der Waals surface area contributed by atoms with Crippen LogP contribution in [-0.4, -0.2) is 46.8 Å². The fourth-order valence-corrected chi connectivity index (χ4v) is 5.06. The summed E-state index contributed by atoms with van der Waals surface area (Å²) in [5.74, 6) is -0.860. The number of aromatic carboxylic acids is 1. The molecule has 0 unspecified atom stereocenters. The number of hydrogen-bond acceptors (Lipinski definition) is 6. The molecule has 0 aliphatic rings. The van der Waals surface area contributed by atoms with Crippen LogP contribution in [0.15, 0.2) is 77.7 Å². The highest BCUT2D eigenvalue weighted by atomic mass is 35.5. The number of nitrogens with one attached hydrogen (secondary N) is 1. The third-order valence-corrected chi connectivity index (χ3v) is 6.96. The van der Waals surface area contributed by atoms with Crippen molar-refractivity contribution in [2.45, 2.75) is 23.1 Å². The number of hydrogen-bond donors (Lipinski definition) is 3. The number of benzene rings is 3. The highest BCUT2D eigenvalue weighted by Crippen LogP contribution is 2.28. The largest absolute Gasteiger partial charge is 0.508 e. The van der Waals surface area contributed by atoms with E-state index in [-0.39, 0.29) is 29.7 Å². The van der Waals surface area contributed by atoms with Crippen molar-refractivity contribution in [3.63, 3.8) is 0 Å². The summed E-state index contributed by atoms with van der Waals surface area (Å²) < 4.78 is 5.26. The van der Waals surface area contributed by atoms with Gasteiger partial charge in [-0.25, -0.2) is 9.78 Å². The number of methoxy groups -OCH3 is 1. The summed E-state index contributed by atoms with van der Waals surface area (Å²) in [4.78, 5) is 30.6. The predicted octanol–water partition coefficient (Wildman–Crippen LogP) is 5.57. The number of aromatic hydroxyl groups is 1. The van der Waals surface area contributed by atoms with Crippen molar-refractivity contribution in [3.8, 4) is 5.75 Å². The molecule has 0 aliphatic heterocycles. The Balaban J connectivity index is 1.55. The van der Waals surface area contributed by atoms with E-state index in [1.807, 2.05) is 30.3 Å². The van der Waals surface area contributed by atoms with Crippen molar-refractivity contribution in [3.05, 3.63) is 100 Å². The van der Waals surface area contributed by atoms with E-state index >= 15 is 0 Å². The van der Waals surface area contributed by atoms with Gasteiger partial charge in [0.25, 0.3) is 5.91 Å². The van der Waals surface area contributed by atoms with Crippen LogP contribution in [0.2, 0.25) is 5.02 Å². The maximum absolute atomic E-state index is 13.1. The minimum absolute atomic E-state index is 0.00609. The van der Waals surface area contributed by atoms with Crippen molar-refractivity contribution in [2.24, 2.45) is 0 Å². The van der Waals surface area contributed by atoms with E-state index in [4.69, 9.17) is 16.3 Å². The highest BCUT2D eigenvalue weighted by Gasteiger charge is 2.20. The normalized spacial score (nSPS) is 11.8. The Morgan fingerprint density at radius 2 is 1.81 bits per heavy atom. The van der Waals surface area contributed by atoms with E-state index in [1.54, 1.807) is 48.2 Å². The molecule has 3 N–H and O–H groups in total. The molecular formula is C28H25ClN2O5S. The number of aromatic nitrogens is 1. The van der Waals surface area contributed by atoms with Crippen LogP contribution in [0, 0.1) is 0 Å². The number of halogens is 1. The maximum Gasteiger partial charge on any atom is 0.336 e. The van der Waals surface area contributed by atoms with Gasteiger partial charge in [-0.1, -0.05) is 35.9 Å². The lowest BCUT2D eigenvalue weighted by Gasteiger charge is -2.18. The number of amides is 1. The van der Waals surface area contributed by atoms with Gasteiger partial charge in [-0.2, -0.15) is 0 Å². The van der Waals surface area contributed by atoms with Gasteiger partial charge in [-0.3, -0.25) is 4.79 Å². The molecule has 7 nitrogen and oxygen atoms in total. The summed E-state index contributed by atoms with van der Waals surface area (Å²) in [5.41, 5.74) is 2.27. The second kappa shape index (κ2) is 12.1. The van der Waals surface area contributed by atoms with Crippen LogP contribution >= 0.6 is 23.4 Å². The second-order valence-electron chi connectivity index (χ2n) is 8.45. The molecule has 1 atom stereocenters. The first-order valence-corrected chi connectivity index (χ1v) is 12.8. The molecule has 0 fully saturated rings. The minimum Gasteiger partial charge on any atom is -0.508 e. The van der Waals surface area contributed by atoms with Gasteiger partial charge < -0.3 is 20.3 Å². The molecule has 190 valence electrons. The third-order valence-electron chi connectivity index (χ3n) is 5.66. The van der Waals surface area contributed by atoms with Crippen molar-refractivity contribution in [2.75, 3.05) is 13.7 Å². The number of carboxylic acid groups (broad SMARTS) is 1. The molecule has 4 rings (SSSR count). The number of carboxylic acids is 1. The summed E-state index contributed by atoms with van der Waals surface area (Å²) in [6.45, 7) is 0.250. The van der Waals surface area contributed by atoms with Gasteiger partial charge in [0.1, 0.15) is 11.4 Å². The van der Waals surface area contributed by atoms with Gasteiger partial charge in [0.2, 0.25) is 0 Å². The quantitative estimate of drug-likeness (QED) is 0.227. The second-order valence-corrected chi connectivity index (χ2v) is 9.94. The van der Waals surface area contributed by atoms with Gasteiger partial charge in [0.05, 0.1) is 23.7 Å². The molecule has 0 aliphatic carbocycles. The minimum atomic E-state index is -1.14. The average molecular weight is 537 g/mol. The molecule has 9 heteroatoms. The van der Waals surface area contributed by atoms with E-state index in [0.717, 1.165) is 16.0 Å². The predicted molar refractivity (Wildman–Crippen MR) is 145 cm³/mol. The number of rotatable bonds is 10. The summed E-state index contributed by atoms with van der Waals surface area (Å²) in [7, 11) is 1.54. The van der Waals surface area contributed by atoms with Gasteiger partial charge >= 0.3 is 5.97 Å². The molecule has 4 aromatic rings. The lowest BCUT2D eigenvalue weighted by atomic mass is 10.0. The fraction of sp³-hybridized carbons (Fsp3) is 0.179. The summed E-state index contributed by atoms with van der Waals surface area (Å²) in [6.07, 6.45) is 0.465. The van der Waals surface area contributed by atoms with Gasteiger partial charge in [-0.05, 0) is 66.1 Å². The molecule has 3 aromatic carbocycles. The number of phenolic OH excluding ortho intramolecular Hbond substituents is 1. The number of pyridine rings is 1. The molecule has 37 heavy (non-hydrogen) atoms. The van der Waals surface area contributed by atoms with Crippen LogP contribution in [0.1, 0.15) is 32.0 Å². The molecule has 1 heterocycles. The first-order chi connectivity index (χ1) is 17.8. The Kier molecular flexibility index (Phi) is 8.66. The first kappa shape index (κ1) is 26.5. The molecule has 0 saturated carbocycles. The zero-order valence-electron chi connectivity index (χ0n) is 20.0. The summed E-state index contributed by atoms with van der Waals surface area (Å²) >= 11 is 7.65. The van der Waals surface area contributed by atoms with Crippen LogP contribution in [0.5, 0.6) is 5.75 Å². The molecular weight excluding hydrogens is 512 g/mol. The van der Waals surface area contributed by atoms with Crippen LogP contribution in [0.25, 0.3) is 10.9 Å². The molecule has 0 saturated heterocycles. The van der Waals surface area contributed by atoms with E-state index < -0.39 is 11.9 Å². The molecule has 0 bridgehead atoms. The van der Waals surface area contributed by atoms with Crippen molar-refractivity contribution >= 4 is 46.1 Å². The lowest BCUT2D eigenvalue weighted by Crippen LogP contribution is -2.40. The van der Waals surface area contributed by atoms with Crippen LogP contribution < -0.4 is 5.32 Å². The van der Waals surface area contributed by atoms with Crippen LogP contribution in [-0.2, 0) is 16.9 Å². The number of carbonyl (C=O) groups is 2. The van der Waals surface area contributed by atoms with Gasteiger partial charge in [0, 0.05) is 28.2 Å². The molecule has 0 radical (unpaired) electrons. The smallest absolute Gasteiger partial charge is 0.336 e. The Bertz CT molecular complexity index is 1430. The van der Waals surface area contributed by atoms with Gasteiger partial charge in [0.15, 0.2) is 0 Å². The Morgan fingerprint density at radius 3 is 2.51 bits per heavy atom. The number of thioether (sulfide) groups is 1. The van der Waals surface area contributed by atoms with E-state index in [2.05, 4.69) is 10.3 Å². The topological polar surface area (TPSA) is 109 Å². The van der Waals surface area contributed by atoms with Crippen LogP contribution in [0.3, 0.4) is 0 Å². The lowest BCUT2D eigenvalue weighted by molar-refractivity contribution is 0.0699. The molecule has 0 spiro atoms. The zero-order valence-corrected chi connectivity index (χ0v) is 21.6.